The molecule has 0 aromatic heterocycles. The summed E-state index contributed by atoms with van der Waals surface area (Å²) in [5, 5.41) is 0. The molecule has 0 saturated heterocycles. The van der Waals surface area contributed by atoms with Gasteiger partial charge < -0.3 is 4.90 Å². The van der Waals surface area contributed by atoms with E-state index >= 15 is 0 Å². The Bertz CT molecular complexity index is 2320. The van der Waals surface area contributed by atoms with Gasteiger partial charge in [0, 0.05) is 16.8 Å². The molecule has 0 amide bonds. The first kappa shape index (κ1) is 30.0. The van der Waals surface area contributed by atoms with Crippen LogP contribution in [0.25, 0.3) is 0 Å². The lowest BCUT2D eigenvalue weighted by Gasteiger charge is -2.52. The molecule has 0 atom stereocenters. The van der Waals surface area contributed by atoms with E-state index in [0.29, 0.717) is 0 Å². The van der Waals surface area contributed by atoms with Gasteiger partial charge in [-0.25, -0.2) is 0 Å². The molecule has 0 radical (unpaired) electrons. The maximum absolute atomic E-state index is 2.69. The van der Waals surface area contributed by atoms with E-state index in [4.69, 9.17) is 0 Å². The first-order valence-electron chi connectivity index (χ1n) is 18.5. The molecule has 244 valence electrons. The van der Waals surface area contributed by atoms with Crippen molar-refractivity contribution < 1.29 is 0 Å². The van der Waals surface area contributed by atoms with Crippen molar-refractivity contribution >= 4 is 40.2 Å². The number of para-hydroxylation sites is 2. The third kappa shape index (κ3) is 3.65. The van der Waals surface area contributed by atoms with Crippen molar-refractivity contribution in [3.63, 3.8) is 0 Å². The van der Waals surface area contributed by atoms with Crippen LogP contribution in [0.15, 0.2) is 133 Å². The summed E-state index contributed by atoms with van der Waals surface area (Å²) in [7, 11) is 0. The highest BCUT2D eigenvalue weighted by atomic mass is 15.2. The number of anilines is 3. The maximum Gasteiger partial charge on any atom is 0.247 e. The zero-order chi connectivity index (χ0) is 34.2. The predicted molar refractivity (Wildman–Crippen MR) is 212 cm³/mol. The predicted octanol–water partition coefficient (Wildman–Crippen LogP) is 9.67. The lowest BCUT2D eigenvalue weighted by Crippen LogP contribution is -2.66. The SMILES string of the molecule is CC1(C)CCC(C)(C)c2cc3c(cc21)B1c2cccc4c2N(c2ccccc2C4(C)C)c2cccc(c21)C3(c1ccccc1)c1ccccc1. The highest BCUT2D eigenvalue weighted by Crippen LogP contribution is 2.56. The van der Waals surface area contributed by atoms with Gasteiger partial charge in [0.15, 0.2) is 0 Å². The second-order valence-electron chi connectivity index (χ2n) is 17.1. The van der Waals surface area contributed by atoms with Crippen molar-refractivity contribution in [1.29, 1.82) is 0 Å². The molecule has 0 unspecified atom stereocenters. The molecule has 2 heteroatoms. The summed E-state index contributed by atoms with van der Waals surface area (Å²) >= 11 is 0. The molecule has 0 spiro atoms. The Labute approximate surface area is 298 Å². The monoisotopic (exact) mass is 645 g/mol. The molecule has 3 heterocycles. The molecule has 3 aliphatic heterocycles. The zero-order valence-corrected chi connectivity index (χ0v) is 30.1. The van der Waals surface area contributed by atoms with E-state index in [0.717, 1.165) is 0 Å². The second kappa shape index (κ2) is 9.91. The van der Waals surface area contributed by atoms with Gasteiger partial charge in [0.05, 0.1) is 11.1 Å². The van der Waals surface area contributed by atoms with Crippen molar-refractivity contribution in [3.05, 3.63) is 178 Å². The molecule has 0 saturated carbocycles. The molecular weight excluding hydrogens is 601 g/mol. The molecule has 10 rings (SSSR count). The lowest BCUT2D eigenvalue weighted by atomic mass is 9.28. The minimum Gasteiger partial charge on any atom is -0.311 e. The maximum atomic E-state index is 2.69. The van der Waals surface area contributed by atoms with Crippen LogP contribution in [0.3, 0.4) is 0 Å². The van der Waals surface area contributed by atoms with Crippen molar-refractivity contribution in [1.82, 2.24) is 0 Å². The van der Waals surface area contributed by atoms with Crippen molar-refractivity contribution in [2.45, 2.75) is 76.0 Å². The van der Waals surface area contributed by atoms with Crippen LogP contribution in [-0.2, 0) is 21.7 Å². The first-order chi connectivity index (χ1) is 24.1. The largest absolute Gasteiger partial charge is 0.311 e. The molecular formula is C48H44BN. The van der Waals surface area contributed by atoms with E-state index in [-0.39, 0.29) is 23.0 Å². The summed E-state index contributed by atoms with van der Waals surface area (Å²) in [4.78, 5) is 2.62. The normalized spacial score (nSPS) is 19.0. The number of benzene rings is 6. The number of rotatable bonds is 2. The molecule has 1 aliphatic carbocycles. The standard InChI is InChI=1S/C48H44BN/c1-45(2)27-28-46(3,4)37-30-40-38(29-36(37)45)48(31-17-9-7-10-18-31,32-19-11-8-12-20-32)34-22-16-26-42-43(34)49(40)39-24-15-23-35-44(39)50(42)41-25-14-13-21-33(41)47(35,5)6/h7-26,29-30H,27-28H2,1-6H3. The van der Waals surface area contributed by atoms with E-state index in [1.54, 1.807) is 0 Å². The number of hydrogen-bond acceptors (Lipinski definition) is 1. The van der Waals surface area contributed by atoms with Crippen LogP contribution in [-0.4, -0.2) is 6.71 Å². The quantitative estimate of drug-likeness (QED) is 0.169. The molecule has 0 N–H and O–H groups in total. The lowest BCUT2D eigenvalue weighted by molar-refractivity contribution is 0.331. The third-order valence-electron chi connectivity index (χ3n) is 13.3. The van der Waals surface area contributed by atoms with E-state index in [1.807, 2.05) is 0 Å². The zero-order valence-electron chi connectivity index (χ0n) is 30.1. The van der Waals surface area contributed by atoms with E-state index < -0.39 is 5.41 Å². The van der Waals surface area contributed by atoms with E-state index in [1.165, 1.54) is 90.8 Å². The Morgan fingerprint density at radius 2 is 1.00 bits per heavy atom. The van der Waals surface area contributed by atoms with Gasteiger partial charge in [-0.05, 0) is 91.2 Å². The highest BCUT2D eigenvalue weighted by Gasteiger charge is 2.54. The van der Waals surface area contributed by atoms with Gasteiger partial charge in [-0.15, -0.1) is 0 Å². The van der Waals surface area contributed by atoms with Gasteiger partial charge in [-0.3, -0.25) is 0 Å². The minimum atomic E-state index is -0.490. The Balaban J connectivity index is 1.42. The number of fused-ring (bicyclic) bond motifs is 7. The summed E-state index contributed by atoms with van der Waals surface area (Å²) in [6, 6.07) is 51.6. The van der Waals surface area contributed by atoms with Gasteiger partial charge in [0.2, 0.25) is 6.71 Å². The van der Waals surface area contributed by atoms with E-state index in [9.17, 15) is 0 Å². The smallest absolute Gasteiger partial charge is 0.247 e. The van der Waals surface area contributed by atoms with Crippen molar-refractivity contribution in [2.75, 3.05) is 4.90 Å². The summed E-state index contributed by atoms with van der Waals surface area (Å²) < 4.78 is 0. The van der Waals surface area contributed by atoms with Gasteiger partial charge >= 0.3 is 0 Å². The number of hydrogen-bond donors (Lipinski definition) is 0. The van der Waals surface area contributed by atoms with Gasteiger partial charge in [-0.2, -0.15) is 0 Å². The van der Waals surface area contributed by atoms with Crippen LogP contribution in [0.5, 0.6) is 0 Å². The molecule has 6 aromatic carbocycles. The van der Waals surface area contributed by atoms with Crippen LogP contribution < -0.4 is 21.3 Å². The molecule has 4 aliphatic rings. The molecule has 0 fully saturated rings. The van der Waals surface area contributed by atoms with Crippen LogP contribution in [0.4, 0.5) is 17.1 Å². The van der Waals surface area contributed by atoms with Gasteiger partial charge in [-0.1, -0.05) is 168 Å². The van der Waals surface area contributed by atoms with Crippen LogP contribution in [0, 0.1) is 0 Å². The molecule has 1 nitrogen and oxygen atoms in total. The minimum absolute atomic E-state index is 0.0874. The average Bonchev–Trinajstić information content (AvgIpc) is 3.13. The van der Waals surface area contributed by atoms with E-state index in [2.05, 4.69) is 180 Å². The fourth-order valence-electron chi connectivity index (χ4n) is 10.6. The van der Waals surface area contributed by atoms with Gasteiger partial charge in [0.25, 0.3) is 0 Å². The summed E-state index contributed by atoms with van der Waals surface area (Å²) in [5.74, 6) is 0. The Morgan fingerprint density at radius 3 is 1.68 bits per heavy atom. The Hall–Kier alpha value is -4.82. The first-order valence-corrected chi connectivity index (χ1v) is 18.5. The van der Waals surface area contributed by atoms with Crippen LogP contribution >= 0.6 is 0 Å². The third-order valence-corrected chi connectivity index (χ3v) is 13.3. The molecule has 50 heavy (non-hydrogen) atoms. The summed E-state index contributed by atoms with van der Waals surface area (Å²) in [5.41, 5.74) is 19.2. The fraction of sp³-hybridized carbons (Fsp3) is 0.250. The van der Waals surface area contributed by atoms with Crippen molar-refractivity contribution in [2.24, 2.45) is 0 Å². The number of nitrogens with zero attached hydrogens (tertiary/aromatic N) is 1. The fourth-order valence-corrected chi connectivity index (χ4v) is 10.6. The Kier molecular flexibility index (Phi) is 5.96. The van der Waals surface area contributed by atoms with Gasteiger partial charge in [0.1, 0.15) is 0 Å². The topological polar surface area (TPSA) is 3.24 Å². The van der Waals surface area contributed by atoms with Crippen LogP contribution in [0.2, 0.25) is 0 Å². The summed E-state index contributed by atoms with van der Waals surface area (Å²) in [6.07, 6.45) is 2.38. The molecule has 6 aromatic rings. The van der Waals surface area contributed by atoms with Crippen molar-refractivity contribution in [3.8, 4) is 0 Å². The second-order valence-corrected chi connectivity index (χ2v) is 17.1. The van der Waals surface area contributed by atoms with Crippen LogP contribution in [0.1, 0.15) is 98.9 Å². The highest BCUT2D eigenvalue weighted by molar-refractivity contribution is 6.99. The Morgan fingerprint density at radius 1 is 0.460 bits per heavy atom. The summed E-state index contributed by atoms with van der Waals surface area (Å²) in [6.45, 7) is 14.8. The average molecular weight is 646 g/mol. The molecule has 0 bridgehead atoms.